The Balaban J connectivity index is 1.74. The van der Waals surface area contributed by atoms with Gasteiger partial charge in [-0.25, -0.2) is 4.79 Å². The number of ether oxygens (including phenoxy) is 2. The molecule has 0 bridgehead atoms. The number of nitrogens with two attached hydrogens (primary N) is 1. The smallest absolute Gasteiger partial charge is 0.330 e. The summed E-state index contributed by atoms with van der Waals surface area (Å²) in [5.41, 5.74) is 10.7. The number of morpholine rings is 1. The fraction of sp³-hybridized carbons (Fsp3) is 0.462. The van der Waals surface area contributed by atoms with E-state index in [1.807, 2.05) is 18.2 Å². The molecule has 20 heavy (non-hydrogen) atoms. The second-order valence-electron chi connectivity index (χ2n) is 4.44. The number of nitrogens with one attached hydrogen (secondary N) is 2. The number of amides is 2. The minimum atomic E-state index is -0.636. The highest BCUT2D eigenvalue weighted by Gasteiger charge is 2.09. The van der Waals surface area contributed by atoms with Crippen molar-refractivity contribution in [1.82, 2.24) is 10.3 Å². The van der Waals surface area contributed by atoms with Gasteiger partial charge in [0.1, 0.15) is 12.4 Å². The van der Waals surface area contributed by atoms with Crippen LogP contribution in [0.4, 0.5) is 10.5 Å². The Labute approximate surface area is 118 Å². The molecule has 2 rings (SSSR count). The van der Waals surface area contributed by atoms with Gasteiger partial charge >= 0.3 is 6.03 Å². The maximum atomic E-state index is 10.6. The van der Waals surface area contributed by atoms with Crippen molar-refractivity contribution >= 4 is 11.7 Å². The number of primary amides is 1. The lowest BCUT2D eigenvalue weighted by Crippen LogP contribution is -2.38. The van der Waals surface area contributed by atoms with E-state index in [0.717, 1.165) is 38.6 Å². The van der Waals surface area contributed by atoms with Crippen LogP contribution in [0.15, 0.2) is 24.3 Å². The van der Waals surface area contributed by atoms with Crippen molar-refractivity contribution in [3.63, 3.8) is 0 Å². The molecule has 1 heterocycles. The first-order valence-corrected chi connectivity index (χ1v) is 6.58. The first-order valence-electron chi connectivity index (χ1n) is 6.58. The average molecular weight is 280 g/mol. The first kappa shape index (κ1) is 14.4. The van der Waals surface area contributed by atoms with Gasteiger partial charge in [0.25, 0.3) is 0 Å². The third-order valence-corrected chi connectivity index (χ3v) is 2.94. The number of hydrogen-bond donors (Lipinski definition) is 3. The molecule has 1 aromatic rings. The number of hydrogen-bond acceptors (Lipinski definition) is 5. The van der Waals surface area contributed by atoms with Crippen molar-refractivity contribution in [2.24, 2.45) is 5.73 Å². The van der Waals surface area contributed by atoms with Crippen LogP contribution in [0.1, 0.15) is 0 Å². The Morgan fingerprint density at radius 3 is 2.95 bits per heavy atom. The summed E-state index contributed by atoms with van der Waals surface area (Å²) in [5.74, 6) is 0.745. The molecule has 0 atom stereocenters. The summed E-state index contributed by atoms with van der Waals surface area (Å²) in [7, 11) is 0. The van der Waals surface area contributed by atoms with E-state index in [4.69, 9.17) is 15.2 Å². The average Bonchev–Trinajstić information content (AvgIpc) is 2.47. The van der Waals surface area contributed by atoms with Gasteiger partial charge < -0.3 is 15.2 Å². The van der Waals surface area contributed by atoms with Gasteiger partial charge in [0.05, 0.1) is 18.9 Å². The topological polar surface area (TPSA) is 88.9 Å². The number of nitrogens with zero attached hydrogens (tertiary/aromatic N) is 1. The summed E-state index contributed by atoms with van der Waals surface area (Å²) in [6.07, 6.45) is 0. The van der Waals surface area contributed by atoms with Crippen molar-refractivity contribution in [2.45, 2.75) is 0 Å². The minimum Gasteiger partial charge on any atom is -0.492 e. The molecule has 0 radical (unpaired) electrons. The summed E-state index contributed by atoms with van der Waals surface area (Å²) >= 11 is 0. The van der Waals surface area contributed by atoms with Crippen LogP contribution in [-0.2, 0) is 4.74 Å². The molecular formula is C13H20N4O3. The molecule has 1 aliphatic rings. The molecule has 2 amide bonds. The van der Waals surface area contributed by atoms with Gasteiger partial charge in [-0.3, -0.25) is 15.8 Å². The molecule has 1 aliphatic heterocycles. The SMILES string of the molecule is NC(=O)NNc1cccc(OCCN2CCOCC2)c1. The van der Waals surface area contributed by atoms with Crippen LogP contribution in [0.3, 0.4) is 0 Å². The van der Waals surface area contributed by atoms with E-state index in [0.29, 0.717) is 12.3 Å². The summed E-state index contributed by atoms with van der Waals surface area (Å²) in [5, 5.41) is 0. The molecule has 7 heteroatoms. The maximum absolute atomic E-state index is 10.6. The molecule has 0 spiro atoms. The highest BCUT2D eigenvalue weighted by molar-refractivity contribution is 5.73. The Hall–Kier alpha value is -1.99. The third kappa shape index (κ3) is 4.94. The van der Waals surface area contributed by atoms with Crippen LogP contribution in [0.5, 0.6) is 5.75 Å². The van der Waals surface area contributed by atoms with Crippen LogP contribution in [-0.4, -0.2) is 50.4 Å². The highest BCUT2D eigenvalue weighted by Crippen LogP contribution is 2.16. The van der Waals surface area contributed by atoms with Crippen molar-refractivity contribution in [3.05, 3.63) is 24.3 Å². The van der Waals surface area contributed by atoms with Gasteiger partial charge in [-0.15, -0.1) is 0 Å². The van der Waals surface area contributed by atoms with Crippen molar-refractivity contribution < 1.29 is 14.3 Å². The molecule has 0 aliphatic carbocycles. The molecule has 1 aromatic carbocycles. The fourth-order valence-electron chi connectivity index (χ4n) is 1.91. The quantitative estimate of drug-likeness (QED) is 0.656. The number of carbonyl (C=O) groups is 1. The van der Waals surface area contributed by atoms with E-state index in [-0.39, 0.29) is 0 Å². The van der Waals surface area contributed by atoms with Crippen LogP contribution in [0.25, 0.3) is 0 Å². The van der Waals surface area contributed by atoms with Crippen molar-refractivity contribution in [3.8, 4) is 5.75 Å². The predicted molar refractivity (Wildman–Crippen MR) is 75.5 cm³/mol. The zero-order valence-electron chi connectivity index (χ0n) is 11.3. The zero-order chi connectivity index (χ0) is 14.2. The summed E-state index contributed by atoms with van der Waals surface area (Å²) in [6, 6.07) is 6.69. The molecule has 1 saturated heterocycles. The number of hydrazine groups is 1. The van der Waals surface area contributed by atoms with Gasteiger partial charge in [0, 0.05) is 25.7 Å². The molecule has 1 fully saturated rings. The highest BCUT2D eigenvalue weighted by atomic mass is 16.5. The third-order valence-electron chi connectivity index (χ3n) is 2.94. The number of anilines is 1. The Morgan fingerprint density at radius 2 is 2.20 bits per heavy atom. The van der Waals surface area contributed by atoms with Gasteiger partial charge in [-0.1, -0.05) is 6.07 Å². The van der Waals surface area contributed by atoms with Crippen LogP contribution in [0.2, 0.25) is 0 Å². The van der Waals surface area contributed by atoms with Gasteiger partial charge in [-0.2, -0.15) is 0 Å². The van der Waals surface area contributed by atoms with E-state index in [1.54, 1.807) is 6.07 Å². The Bertz CT molecular complexity index is 435. The molecule has 110 valence electrons. The second kappa shape index (κ2) is 7.56. The molecule has 4 N–H and O–H groups in total. The van der Waals surface area contributed by atoms with E-state index >= 15 is 0 Å². The van der Waals surface area contributed by atoms with Crippen molar-refractivity contribution in [2.75, 3.05) is 44.9 Å². The molecule has 0 saturated carbocycles. The van der Waals surface area contributed by atoms with Gasteiger partial charge in [0.15, 0.2) is 0 Å². The van der Waals surface area contributed by atoms with E-state index in [2.05, 4.69) is 15.8 Å². The number of benzene rings is 1. The lowest BCUT2D eigenvalue weighted by atomic mass is 10.3. The number of rotatable bonds is 6. The van der Waals surface area contributed by atoms with Crippen molar-refractivity contribution in [1.29, 1.82) is 0 Å². The normalized spacial score (nSPS) is 15.6. The van der Waals surface area contributed by atoms with Crippen LogP contribution >= 0.6 is 0 Å². The Kier molecular flexibility index (Phi) is 5.45. The van der Waals surface area contributed by atoms with Crippen LogP contribution in [0, 0.1) is 0 Å². The van der Waals surface area contributed by atoms with E-state index < -0.39 is 6.03 Å². The maximum Gasteiger partial charge on any atom is 0.330 e. The minimum absolute atomic E-state index is 0.618. The second-order valence-corrected chi connectivity index (χ2v) is 4.44. The van der Waals surface area contributed by atoms with E-state index in [9.17, 15) is 4.79 Å². The molecule has 0 unspecified atom stereocenters. The molecule has 0 aromatic heterocycles. The predicted octanol–water partition coefficient (Wildman–Crippen LogP) is 0.393. The fourth-order valence-corrected chi connectivity index (χ4v) is 1.91. The largest absolute Gasteiger partial charge is 0.492 e. The number of carbonyl (C=O) groups excluding carboxylic acids is 1. The summed E-state index contributed by atoms with van der Waals surface area (Å²) < 4.78 is 11.0. The lowest BCUT2D eigenvalue weighted by molar-refractivity contribution is 0.0322. The van der Waals surface area contributed by atoms with E-state index in [1.165, 1.54) is 0 Å². The van der Waals surface area contributed by atoms with Crippen LogP contribution < -0.4 is 21.3 Å². The van der Waals surface area contributed by atoms with Gasteiger partial charge in [-0.05, 0) is 12.1 Å². The lowest BCUT2D eigenvalue weighted by Gasteiger charge is -2.26. The monoisotopic (exact) mass is 280 g/mol. The molecular weight excluding hydrogens is 260 g/mol. The zero-order valence-corrected chi connectivity index (χ0v) is 11.3. The summed E-state index contributed by atoms with van der Waals surface area (Å²) in [6.45, 7) is 4.98. The Morgan fingerprint density at radius 1 is 1.40 bits per heavy atom. The standard InChI is InChI=1S/C13H20N4O3/c14-13(18)16-15-11-2-1-3-12(10-11)20-9-6-17-4-7-19-8-5-17/h1-3,10,15H,4-9H2,(H3,14,16,18). The number of urea groups is 1. The first-order chi connectivity index (χ1) is 9.74. The summed E-state index contributed by atoms with van der Waals surface area (Å²) in [4.78, 5) is 12.9. The van der Waals surface area contributed by atoms with Gasteiger partial charge in [0.2, 0.25) is 0 Å². The molecule has 7 nitrogen and oxygen atoms in total.